The summed E-state index contributed by atoms with van der Waals surface area (Å²) in [5, 5.41) is 0.164. The second-order valence-electron chi connectivity index (χ2n) is 0.771. The highest BCUT2D eigenvalue weighted by molar-refractivity contribution is 6.29. The molecule has 0 aromatic rings. The van der Waals surface area contributed by atoms with Crippen molar-refractivity contribution in [2.75, 3.05) is 6.61 Å². The lowest BCUT2D eigenvalue weighted by atomic mass is 10.7. The second-order valence-corrected chi connectivity index (χ2v) is 1.31. The molecule has 0 aromatic carbocycles. The van der Waals surface area contributed by atoms with Crippen molar-refractivity contribution in [3.63, 3.8) is 0 Å². The largest absolute Gasteiger partial charge is 0.188 e. The molecule has 0 N–H and O–H groups in total. The van der Waals surface area contributed by atoms with Crippen LogP contribution in [0.5, 0.6) is 0 Å². The molecule has 0 fully saturated rings. The van der Waals surface area contributed by atoms with E-state index in [0.717, 1.165) is 0 Å². The number of halogens is 2. The summed E-state index contributed by atoms with van der Waals surface area (Å²) in [6.45, 7) is 2.92. The van der Waals surface area contributed by atoms with E-state index in [1.165, 1.54) is 0 Å². The Morgan fingerprint density at radius 1 is 2.00 bits per heavy atom. The van der Waals surface area contributed by atoms with Gasteiger partial charge in [0.1, 0.15) is 6.61 Å². The Morgan fingerprint density at radius 2 is 2.50 bits per heavy atom. The van der Waals surface area contributed by atoms with Crippen LogP contribution in [0.2, 0.25) is 0 Å². The Kier molecular flexibility index (Phi) is 3.08. The van der Waals surface area contributed by atoms with Gasteiger partial charge in [0.15, 0.2) is 0 Å². The molecule has 0 saturated heterocycles. The first-order valence-electron chi connectivity index (χ1n) is 1.34. The minimum Gasteiger partial charge on any atom is -0.188 e. The highest BCUT2D eigenvalue weighted by Crippen LogP contribution is 1.95. The van der Waals surface area contributed by atoms with Crippen molar-refractivity contribution < 1.29 is 9.47 Å². The number of hydrogen-bond acceptors (Lipinski definition) is 1. The molecule has 0 radical (unpaired) electrons. The third kappa shape index (κ3) is 3.92. The van der Waals surface area contributed by atoms with Gasteiger partial charge in [0.25, 0.3) is 0 Å². The molecule has 0 bridgehead atoms. The molecule has 0 aliphatic carbocycles. The molecule has 3 heteroatoms. The standard InChI is InChI=1S/C3H4ClFO/c1-3(4)2-6-5/h1-2H2. The van der Waals surface area contributed by atoms with Crippen LogP contribution >= 0.6 is 11.6 Å². The van der Waals surface area contributed by atoms with Crippen molar-refractivity contribution in [2.45, 2.75) is 0 Å². The van der Waals surface area contributed by atoms with Crippen LogP contribution in [0.1, 0.15) is 0 Å². The summed E-state index contributed by atoms with van der Waals surface area (Å²) < 4.78 is 10.6. The molecule has 1 nitrogen and oxygen atoms in total. The molecule has 0 spiro atoms. The maximum Gasteiger partial charge on any atom is 0.123 e. The van der Waals surface area contributed by atoms with E-state index in [2.05, 4.69) is 11.5 Å². The van der Waals surface area contributed by atoms with Crippen molar-refractivity contribution in [1.82, 2.24) is 0 Å². The third-order valence-electron chi connectivity index (χ3n) is 0.211. The van der Waals surface area contributed by atoms with Gasteiger partial charge in [-0.3, -0.25) is 0 Å². The van der Waals surface area contributed by atoms with E-state index < -0.39 is 0 Å². The van der Waals surface area contributed by atoms with Crippen molar-refractivity contribution >= 4 is 11.6 Å². The van der Waals surface area contributed by atoms with E-state index in [9.17, 15) is 4.53 Å². The van der Waals surface area contributed by atoms with E-state index in [1.54, 1.807) is 0 Å². The van der Waals surface area contributed by atoms with Crippen LogP contribution in [-0.4, -0.2) is 6.61 Å². The molecule has 0 heterocycles. The van der Waals surface area contributed by atoms with Gasteiger partial charge in [-0.05, 0) is 4.53 Å². The Balaban J connectivity index is 2.83. The summed E-state index contributed by atoms with van der Waals surface area (Å²) >= 11 is 5.02. The zero-order valence-corrected chi connectivity index (χ0v) is 3.83. The van der Waals surface area contributed by atoms with Crippen molar-refractivity contribution in [3.05, 3.63) is 11.6 Å². The van der Waals surface area contributed by atoms with Crippen LogP contribution in [0.3, 0.4) is 0 Å². The summed E-state index contributed by atoms with van der Waals surface area (Å²) in [4.78, 5) is 3.07. The molecule has 0 aliphatic heterocycles. The minimum atomic E-state index is -0.221. The van der Waals surface area contributed by atoms with E-state index >= 15 is 0 Å². The SMILES string of the molecule is C=C(Cl)COF. The van der Waals surface area contributed by atoms with Gasteiger partial charge >= 0.3 is 0 Å². The van der Waals surface area contributed by atoms with E-state index in [1.807, 2.05) is 0 Å². The molecule has 6 heavy (non-hydrogen) atoms. The maximum atomic E-state index is 10.6. The van der Waals surface area contributed by atoms with E-state index in [-0.39, 0.29) is 11.6 Å². The third-order valence-corrected chi connectivity index (χ3v) is 0.320. The molecule has 0 rings (SSSR count). The van der Waals surface area contributed by atoms with Crippen LogP contribution in [-0.2, 0) is 4.94 Å². The first-order chi connectivity index (χ1) is 2.77. The van der Waals surface area contributed by atoms with Gasteiger partial charge in [-0.25, -0.2) is 0 Å². The summed E-state index contributed by atoms with van der Waals surface area (Å²) in [5.74, 6) is 0. The van der Waals surface area contributed by atoms with Crippen molar-refractivity contribution in [3.8, 4) is 0 Å². The zero-order valence-electron chi connectivity index (χ0n) is 3.08. The first-order valence-corrected chi connectivity index (χ1v) is 1.72. The Hall–Kier alpha value is -0.0800. The summed E-state index contributed by atoms with van der Waals surface area (Å²) in [5.41, 5.74) is 0. The maximum absolute atomic E-state index is 10.6. The van der Waals surface area contributed by atoms with Gasteiger partial charge in [0.05, 0.1) is 0 Å². The van der Waals surface area contributed by atoms with E-state index in [4.69, 9.17) is 11.6 Å². The molecular weight excluding hydrogens is 106 g/mol. The van der Waals surface area contributed by atoms with Gasteiger partial charge in [-0.15, -0.1) is 0 Å². The van der Waals surface area contributed by atoms with Crippen molar-refractivity contribution in [2.24, 2.45) is 0 Å². The Morgan fingerprint density at radius 3 is 2.50 bits per heavy atom. The fourth-order valence-electron chi connectivity index (χ4n) is 0.0592. The predicted molar refractivity (Wildman–Crippen MR) is 22.1 cm³/mol. The first kappa shape index (κ1) is 5.92. The average Bonchev–Trinajstić information content (AvgIpc) is 1.35. The van der Waals surface area contributed by atoms with Gasteiger partial charge in [0.2, 0.25) is 0 Å². The number of hydrogen-bond donors (Lipinski definition) is 0. The lowest BCUT2D eigenvalue weighted by molar-refractivity contribution is -0.119. The van der Waals surface area contributed by atoms with Crippen LogP contribution < -0.4 is 0 Å². The van der Waals surface area contributed by atoms with Gasteiger partial charge in [0, 0.05) is 5.03 Å². The smallest absolute Gasteiger partial charge is 0.123 e. The average molecular weight is 111 g/mol. The predicted octanol–water partition coefficient (Wildman–Crippen LogP) is 1.64. The Labute approximate surface area is 40.3 Å². The lowest BCUT2D eigenvalue weighted by Crippen LogP contribution is -1.78. The van der Waals surface area contributed by atoms with Gasteiger partial charge in [-0.1, -0.05) is 18.2 Å². The minimum absolute atomic E-state index is 0.164. The normalized spacial score (nSPS) is 8.33. The second kappa shape index (κ2) is 3.12. The summed E-state index contributed by atoms with van der Waals surface area (Å²) in [6, 6.07) is 0. The van der Waals surface area contributed by atoms with Crippen LogP contribution in [0, 0.1) is 0 Å². The molecule has 0 atom stereocenters. The van der Waals surface area contributed by atoms with Gasteiger partial charge < -0.3 is 0 Å². The quantitative estimate of drug-likeness (QED) is 0.525. The van der Waals surface area contributed by atoms with E-state index in [0.29, 0.717) is 0 Å². The summed E-state index contributed by atoms with van der Waals surface area (Å²) in [6.07, 6.45) is 0. The molecular formula is C3H4ClFO. The highest BCUT2D eigenvalue weighted by atomic mass is 35.5. The van der Waals surface area contributed by atoms with Crippen LogP contribution in [0.15, 0.2) is 11.6 Å². The molecule has 36 valence electrons. The van der Waals surface area contributed by atoms with Crippen molar-refractivity contribution in [1.29, 1.82) is 0 Å². The topological polar surface area (TPSA) is 9.23 Å². The summed E-state index contributed by atoms with van der Waals surface area (Å²) in [7, 11) is 0. The molecule has 0 aromatic heterocycles. The molecule has 0 saturated carbocycles. The monoisotopic (exact) mass is 110 g/mol. The molecule has 0 amide bonds. The number of rotatable bonds is 2. The fraction of sp³-hybridized carbons (Fsp3) is 0.333. The fourth-order valence-corrected chi connectivity index (χ4v) is 0.100. The van der Waals surface area contributed by atoms with Gasteiger partial charge in [-0.2, -0.15) is 4.94 Å². The van der Waals surface area contributed by atoms with Crippen LogP contribution in [0.4, 0.5) is 4.53 Å². The molecule has 0 unspecified atom stereocenters. The Bertz CT molecular complexity index is 54.8. The lowest BCUT2D eigenvalue weighted by Gasteiger charge is -1.82. The highest BCUT2D eigenvalue weighted by Gasteiger charge is 1.82. The van der Waals surface area contributed by atoms with Crippen LogP contribution in [0.25, 0.3) is 0 Å². The zero-order chi connectivity index (χ0) is 4.99. The molecule has 0 aliphatic rings.